The average molecular weight is 382 g/mol. The summed E-state index contributed by atoms with van der Waals surface area (Å²) in [5.74, 6) is -0.421. The van der Waals surface area contributed by atoms with Gasteiger partial charge in [0.1, 0.15) is 6.04 Å². The molecule has 0 aliphatic rings. The molecule has 2 rings (SSSR count). The van der Waals surface area contributed by atoms with Crippen LogP contribution in [0, 0.1) is 6.92 Å². The molecule has 6 nitrogen and oxygen atoms in total. The Kier molecular flexibility index (Phi) is 6.02. The van der Waals surface area contributed by atoms with Gasteiger partial charge in [0.25, 0.3) is 0 Å². The fourth-order valence-electron chi connectivity index (χ4n) is 2.43. The molecule has 1 aromatic carbocycles. The molecular weight excluding hydrogens is 362 g/mol. The fraction of sp³-hybridized carbons (Fsp3) is 0.294. The number of aromatic nitrogens is 1. The van der Waals surface area contributed by atoms with E-state index in [-0.39, 0.29) is 6.54 Å². The maximum absolute atomic E-state index is 12.5. The molecule has 0 aliphatic carbocycles. The molecule has 1 atom stereocenters. The van der Waals surface area contributed by atoms with Gasteiger partial charge in [-0.3, -0.25) is 14.1 Å². The summed E-state index contributed by atoms with van der Waals surface area (Å²) in [7, 11) is -3.69. The molecule has 0 bridgehead atoms. The molecule has 25 heavy (non-hydrogen) atoms. The molecule has 0 aliphatic heterocycles. The van der Waals surface area contributed by atoms with Gasteiger partial charge in [-0.15, -0.1) is 0 Å². The molecule has 1 unspecified atom stereocenters. The minimum absolute atomic E-state index is 0.218. The van der Waals surface area contributed by atoms with Gasteiger partial charge in [0, 0.05) is 11.2 Å². The van der Waals surface area contributed by atoms with Gasteiger partial charge >= 0.3 is 0 Å². The lowest BCUT2D eigenvalue weighted by atomic mass is 10.2. The summed E-state index contributed by atoms with van der Waals surface area (Å²) in [6, 6.07) is 9.37. The summed E-state index contributed by atoms with van der Waals surface area (Å²) < 4.78 is 25.7. The largest absolute Gasteiger partial charge is 0.349 e. The number of anilines is 1. The highest BCUT2D eigenvalue weighted by atomic mass is 35.5. The topological polar surface area (TPSA) is 79.4 Å². The summed E-state index contributed by atoms with van der Waals surface area (Å²) in [6.45, 7) is 3.52. The van der Waals surface area contributed by atoms with Crippen molar-refractivity contribution in [3.8, 4) is 0 Å². The van der Waals surface area contributed by atoms with Crippen LogP contribution in [-0.2, 0) is 21.4 Å². The monoisotopic (exact) mass is 381 g/mol. The number of nitrogens with one attached hydrogen (secondary N) is 1. The number of halogens is 1. The third kappa shape index (κ3) is 4.93. The second-order valence-electron chi connectivity index (χ2n) is 5.70. The van der Waals surface area contributed by atoms with Gasteiger partial charge < -0.3 is 5.32 Å². The van der Waals surface area contributed by atoms with Gasteiger partial charge in [0.05, 0.1) is 24.2 Å². The molecule has 1 heterocycles. The summed E-state index contributed by atoms with van der Waals surface area (Å²) in [6.07, 6.45) is 2.69. The number of carbonyl (C=O) groups excluding carboxylic acids is 1. The lowest BCUT2D eigenvalue weighted by Gasteiger charge is -2.29. The highest BCUT2D eigenvalue weighted by molar-refractivity contribution is 7.92. The van der Waals surface area contributed by atoms with E-state index in [1.807, 2.05) is 6.07 Å². The van der Waals surface area contributed by atoms with Gasteiger partial charge in [0.2, 0.25) is 15.9 Å². The molecule has 0 radical (unpaired) electrons. The molecule has 1 aromatic heterocycles. The Morgan fingerprint density at radius 2 is 2.04 bits per heavy atom. The van der Waals surface area contributed by atoms with Crippen LogP contribution in [0.25, 0.3) is 0 Å². The number of amides is 1. The van der Waals surface area contributed by atoms with Crippen LogP contribution in [-0.4, -0.2) is 31.6 Å². The van der Waals surface area contributed by atoms with Gasteiger partial charge in [-0.05, 0) is 43.7 Å². The van der Waals surface area contributed by atoms with E-state index < -0.39 is 22.0 Å². The van der Waals surface area contributed by atoms with Crippen molar-refractivity contribution >= 4 is 33.2 Å². The molecular formula is C17H20ClN3O3S. The zero-order chi connectivity index (χ0) is 18.6. The molecule has 0 saturated carbocycles. The van der Waals surface area contributed by atoms with Crippen molar-refractivity contribution in [2.75, 3.05) is 10.6 Å². The summed E-state index contributed by atoms with van der Waals surface area (Å²) in [5, 5.41) is 3.11. The van der Waals surface area contributed by atoms with Crippen LogP contribution in [0.15, 0.2) is 42.6 Å². The highest BCUT2D eigenvalue weighted by Crippen LogP contribution is 2.28. The van der Waals surface area contributed by atoms with Crippen molar-refractivity contribution < 1.29 is 13.2 Å². The second-order valence-corrected chi connectivity index (χ2v) is 8.00. The van der Waals surface area contributed by atoms with E-state index in [1.54, 1.807) is 43.5 Å². The maximum atomic E-state index is 12.5. The Balaban J connectivity index is 2.25. The van der Waals surface area contributed by atoms with Crippen LogP contribution >= 0.6 is 11.6 Å². The second kappa shape index (κ2) is 7.84. The molecule has 1 amide bonds. The molecule has 0 saturated heterocycles. The van der Waals surface area contributed by atoms with Crippen molar-refractivity contribution in [3.63, 3.8) is 0 Å². The average Bonchev–Trinajstić information content (AvgIpc) is 2.55. The van der Waals surface area contributed by atoms with E-state index in [0.717, 1.165) is 10.6 Å². The quantitative estimate of drug-likeness (QED) is 0.833. The number of rotatable bonds is 6. The molecule has 134 valence electrons. The number of sulfonamides is 1. The minimum atomic E-state index is -3.69. The Hall–Kier alpha value is -2.12. The van der Waals surface area contributed by atoms with E-state index in [2.05, 4.69) is 10.3 Å². The smallest absolute Gasteiger partial charge is 0.243 e. The van der Waals surface area contributed by atoms with E-state index in [1.165, 1.54) is 6.92 Å². The van der Waals surface area contributed by atoms with E-state index in [4.69, 9.17) is 11.6 Å². The molecule has 8 heteroatoms. The number of hydrogen-bond acceptors (Lipinski definition) is 4. The zero-order valence-electron chi connectivity index (χ0n) is 14.2. The van der Waals surface area contributed by atoms with Gasteiger partial charge in [-0.25, -0.2) is 8.42 Å². The number of aryl methyl sites for hydroxylation is 1. The third-order valence-corrected chi connectivity index (χ3v) is 5.13. The summed E-state index contributed by atoms with van der Waals surface area (Å²) in [4.78, 5) is 16.6. The molecule has 2 aromatic rings. The Labute approximate surface area is 152 Å². The lowest BCUT2D eigenvalue weighted by Crippen LogP contribution is -2.48. The van der Waals surface area contributed by atoms with Crippen molar-refractivity contribution in [1.82, 2.24) is 10.3 Å². The Morgan fingerprint density at radius 3 is 2.64 bits per heavy atom. The van der Waals surface area contributed by atoms with E-state index >= 15 is 0 Å². The summed E-state index contributed by atoms with van der Waals surface area (Å²) in [5.41, 5.74) is 1.78. The van der Waals surface area contributed by atoms with E-state index in [9.17, 15) is 13.2 Å². The first-order chi connectivity index (χ1) is 11.7. The lowest BCUT2D eigenvalue weighted by molar-refractivity contribution is -0.122. The number of benzene rings is 1. The first-order valence-corrected chi connectivity index (χ1v) is 9.86. The van der Waals surface area contributed by atoms with Crippen molar-refractivity contribution in [3.05, 3.63) is 58.9 Å². The van der Waals surface area contributed by atoms with Crippen molar-refractivity contribution in [1.29, 1.82) is 0 Å². The predicted molar refractivity (Wildman–Crippen MR) is 99.1 cm³/mol. The van der Waals surface area contributed by atoms with Crippen LogP contribution in [0.2, 0.25) is 5.02 Å². The standard InChI is InChI=1S/C17H20ClN3O3S/c1-12-7-8-14(18)10-16(12)21(25(3,23)24)13(2)17(22)20-11-15-6-4-5-9-19-15/h4-10,13H,11H2,1-3H3,(H,20,22). The van der Waals surface area contributed by atoms with Gasteiger partial charge in [-0.1, -0.05) is 23.7 Å². The number of nitrogens with zero attached hydrogens (tertiary/aromatic N) is 2. The first kappa shape index (κ1) is 19.2. The molecule has 1 N–H and O–H groups in total. The normalized spacial score (nSPS) is 12.5. The van der Waals surface area contributed by atoms with Crippen LogP contribution in [0.1, 0.15) is 18.2 Å². The highest BCUT2D eigenvalue weighted by Gasteiger charge is 2.30. The Morgan fingerprint density at radius 1 is 1.32 bits per heavy atom. The van der Waals surface area contributed by atoms with Crippen molar-refractivity contribution in [2.45, 2.75) is 26.4 Å². The van der Waals surface area contributed by atoms with Crippen LogP contribution in [0.5, 0.6) is 0 Å². The van der Waals surface area contributed by atoms with Gasteiger partial charge in [0.15, 0.2) is 0 Å². The SMILES string of the molecule is Cc1ccc(Cl)cc1N(C(C)C(=O)NCc1ccccn1)S(C)(=O)=O. The predicted octanol–water partition coefficient (Wildman–Crippen LogP) is 2.51. The van der Waals surface area contributed by atoms with E-state index in [0.29, 0.717) is 22.0 Å². The number of pyridine rings is 1. The van der Waals surface area contributed by atoms with Crippen LogP contribution in [0.4, 0.5) is 5.69 Å². The fourth-order valence-corrected chi connectivity index (χ4v) is 3.82. The van der Waals surface area contributed by atoms with Crippen LogP contribution < -0.4 is 9.62 Å². The third-order valence-electron chi connectivity index (χ3n) is 3.67. The van der Waals surface area contributed by atoms with Crippen molar-refractivity contribution in [2.24, 2.45) is 0 Å². The minimum Gasteiger partial charge on any atom is -0.349 e. The molecule has 0 spiro atoms. The maximum Gasteiger partial charge on any atom is 0.243 e. The number of carbonyl (C=O) groups is 1. The summed E-state index contributed by atoms with van der Waals surface area (Å²) >= 11 is 6.01. The first-order valence-electron chi connectivity index (χ1n) is 7.63. The molecule has 0 fully saturated rings. The Bertz CT molecular complexity index is 857. The van der Waals surface area contributed by atoms with Gasteiger partial charge in [-0.2, -0.15) is 0 Å². The number of hydrogen-bond donors (Lipinski definition) is 1. The zero-order valence-corrected chi connectivity index (χ0v) is 15.8. The van der Waals surface area contributed by atoms with Crippen LogP contribution in [0.3, 0.4) is 0 Å².